The first-order valence-corrected chi connectivity index (χ1v) is 6.08. The van der Waals surface area contributed by atoms with Crippen molar-refractivity contribution in [2.75, 3.05) is 11.2 Å². The van der Waals surface area contributed by atoms with E-state index in [0.29, 0.717) is 23.8 Å². The van der Waals surface area contributed by atoms with E-state index in [0.717, 1.165) is 17.8 Å². The number of rotatable bonds is 5. The second kappa shape index (κ2) is 5.99. The van der Waals surface area contributed by atoms with Crippen molar-refractivity contribution >= 4 is 17.5 Å². The SMILES string of the molecule is Cc1nnc(NC(CCCl)C(C)C)nc1C. The van der Waals surface area contributed by atoms with Gasteiger partial charge in [-0.2, -0.15) is 5.10 Å². The lowest BCUT2D eigenvalue weighted by molar-refractivity contribution is 0.508. The minimum absolute atomic E-state index is 0.293. The lowest BCUT2D eigenvalue weighted by Gasteiger charge is -2.21. The summed E-state index contributed by atoms with van der Waals surface area (Å²) >= 11 is 5.77. The topological polar surface area (TPSA) is 50.7 Å². The quantitative estimate of drug-likeness (QED) is 0.807. The van der Waals surface area contributed by atoms with Crippen LogP contribution in [0.3, 0.4) is 0 Å². The van der Waals surface area contributed by atoms with Gasteiger partial charge in [-0.05, 0) is 26.2 Å². The molecule has 0 saturated carbocycles. The van der Waals surface area contributed by atoms with E-state index < -0.39 is 0 Å². The van der Waals surface area contributed by atoms with Crippen LogP contribution in [0.1, 0.15) is 31.7 Å². The van der Waals surface area contributed by atoms with Crippen molar-refractivity contribution in [1.29, 1.82) is 0 Å². The molecule has 0 bridgehead atoms. The van der Waals surface area contributed by atoms with Gasteiger partial charge >= 0.3 is 0 Å². The summed E-state index contributed by atoms with van der Waals surface area (Å²) < 4.78 is 0. The van der Waals surface area contributed by atoms with Crippen molar-refractivity contribution in [1.82, 2.24) is 15.2 Å². The summed E-state index contributed by atoms with van der Waals surface area (Å²) in [5.41, 5.74) is 1.77. The van der Waals surface area contributed by atoms with Crippen LogP contribution in [0, 0.1) is 19.8 Å². The maximum Gasteiger partial charge on any atom is 0.243 e. The highest BCUT2D eigenvalue weighted by Gasteiger charge is 2.14. The second-order valence-corrected chi connectivity index (χ2v) is 4.66. The monoisotopic (exact) mass is 242 g/mol. The molecule has 90 valence electrons. The number of hydrogen-bond donors (Lipinski definition) is 1. The summed E-state index contributed by atoms with van der Waals surface area (Å²) in [6.07, 6.45) is 0.898. The van der Waals surface area contributed by atoms with E-state index >= 15 is 0 Å². The number of aryl methyl sites for hydroxylation is 2. The van der Waals surface area contributed by atoms with Crippen LogP contribution in [0.2, 0.25) is 0 Å². The Hall–Kier alpha value is -0.900. The fraction of sp³-hybridized carbons (Fsp3) is 0.727. The fourth-order valence-electron chi connectivity index (χ4n) is 1.37. The first kappa shape index (κ1) is 13.2. The van der Waals surface area contributed by atoms with Gasteiger partial charge in [0.15, 0.2) is 0 Å². The minimum Gasteiger partial charge on any atom is -0.350 e. The molecule has 0 saturated heterocycles. The number of aromatic nitrogens is 3. The molecule has 0 spiro atoms. The van der Waals surface area contributed by atoms with Crippen molar-refractivity contribution in [2.24, 2.45) is 5.92 Å². The van der Waals surface area contributed by atoms with E-state index in [1.54, 1.807) is 0 Å². The van der Waals surface area contributed by atoms with E-state index in [1.165, 1.54) is 0 Å². The van der Waals surface area contributed by atoms with E-state index in [2.05, 4.69) is 34.3 Å². The first-order valence-electron chi connectivity index (χ1n) is 5.55. The molecule has 0 aliphatic rings. The molecule has 4 nitrogen and oxygen atoms in total. The molecule has 0 radical (unpaired) electrons. The molecule has 1 aromatic rings. The van der Waals surface area contributed by atoms with Crippen molar-refractivity contribution in [3.63, 3.8) is 0 Å². The van der Waals surface area contributed by atoms with Gasteiger partial charge in [0.05, 0.1) is 11.4 Å². The first-order chi connectivity index (χ1) is 7.54. The average molecular weight is 243 g/mol. The molecule has 1 heterocycles. The average Bonchev–Trinajstić information content (AvgIpc) is 2.22. The Morgan fingerprint density at radius 2 is 1.88 bits per heavy atom. The summed E-state index contributed by atoms with van der Waals surface area (Å²) in [5.74, 6) is 1.71. The molecule has 1 rings (SSSR count). The Balaban J connectivity index is 2.73. The molecule has 1 N–H and O–H groups in total. The number of nitrogens with zero attached hydrogens (tertiary/aromatic N) is 3. The fourth-order valence-corrected chi connectivity index (χ4v) is 1.61. The van der Waals surface area contributed by atoms with Crippen LogP contribution >= 0.6 is 11.6 Å². The molecular weight excluding hydrogens is 224 g/mol. The summed E-state index contributed by atoms with van der Waals surface area (Å²) in [4.78, 5) is 4.35. The second-order valence-electron chi connectivity index (χ2n) is 4.28. The third-order valence-electron chi connectivity index (χ3n) is 2.63. The van der Waals surface area contributed by atoms with E-state index in [4.69, 9.17) is 11.6 Å². The van der Waals surface area contributed by atoms with Gasteiger partial charge < -0.3 is 5.32 Å². The predicted octanol–water partition coefficient (Wildman–Crippen LogP) is 2.55. The zero-order valence-electron chi connectivity index (χ0n) is 10.3. The Morgan fingerprint density at radius 1 is 1.19 bits per heavy atom. The zero-order chi connectivity index (χ0) is 12.1. The van der Waals surface area contributed by atoms with Gasteiger partial charge in [0.2, 0.25) is 5.95 Å². The largest absolute Gasteiger partial charge is 0.350 e. The van der Waals surface area contributed by atoms with Crippen molar-refractivity contribution in [3.05, 3.63) is 11.4 Å². The molecule has 0 aromatic carbocycles. The minimum atomic E-state index is 0.293. The number of anilines is 1. The van der Waals surface area contributed by atoms with Crippen LogP contribution in [-0.2, 0) is 0 Å². The predicted molar refractivity (Wildman–Crippen MR) is 66.9 cm³/mol. The molecule has 0 fully saturated rings. The molecule has 16 heavy (non-hydrogen) atoms. The number of alkyl halides is 1. The van der Waals surface area contributed by atoms with Gasteiger partial charge in [-0.15, -0.1) is 16.7 Å². The number of hydrogen-bond acceptors (Lipinski definition) is 4. The maximum absolute atomic E-state index is 5.77. The lowest BCUT2D eigenvalue weighted by Crippen LogP contribution is -2.27. The Bertz CT molecular complexity index is 341. The highest BCUT2D eigenvalue weighted by atomic mass is 35.5. The van der Waals surface area contributed by atoms with Gasteiger partial charge in [-0.25, -0.2) is 4.98 Å². The molecule has 0 aliphatic carbocycles. The van der Waals surface area contributed by atoms with Gasteiger partial charge in [-0.1, -0.05) is 13.8 Å². The third-order valence-corrected chi connectivity index (χ3v) is 2.85. The molecular formula is C11H19ClN4. The van der Waals surface area contributed by atoms with Crippen molar-refractivity contribution < 1.29 is 0 Å². The molecule has 0 aliphatic heterocycles. The Labute approximate surface area is 102 Å². The molecule has 0 amide bonds. The lowest BCUT2D eigenvalue weighted by atomic mass is 10.0. The standard InChI is InChI=1S/C11H19ClN4/c1-7(2)10(5-6-12)14-11-13-8(3)9(4)15-16-11/h7,10H,5-6H2,1-4H3,(H,13,14,16). The van der Waals surface area contributed by atoms with Crippen LogP contribution in [-0.4, -0.2) is 27.1 Å². The van der Waals surface area contributed by atoms with Crippen LogP contribution in [0.25, 0.3) is 0 Å². The highest BCUT2D eigenvalue weighted by molar-refractivity contribution is 6.17. The number of nitrogens with one attached hydrogen (secondary N) is 1. The molecule has 1 atom stereocenters. The Morgan fingerprint density at radius 3 is 2.38 bits per heavy atom. The molecule has 5 heteroatoms. The van der Waals surface area contributed by atoms with Crippen molar-refractivity contribution in [2.45, 2.75) is 40.2 Å². The smallest absolute Gasteiger partial charge is 0.243 e. The summed E-state index contributed by atoms with van der Waals surface area (Å²) in [5, 5.41) is 11.3. The van der Waals surface area contributed by atoms with Crippen LogP contribution in [0.15, 0.2) is 0 Å². The summed E-state index contributed by atoms with van der Waals surface area (Å²) in [6, 6.07) is 0.293. The normalized spacial score (nSPS) is 12.9. The van der Waals surface area contributed by atoms with Crippen LogP contribution in [0.4, 0.5) is 5.95 Å². The summed E-state index contributed by atoms with van der Waals surface area (Å²) in [6.45, 7) is 8.14. The summed E-state index contributed by atoms with van der Waals surface area (Å²) in [7, 11) is 0. The van der Waals surface area contributed by atoms with Crippen LogP contribution in [0.5, 0.6) is 0 Å². The van der Waals surface area contributed by atoms with E-state index in [-0.39, 0.29) is 0 Å². The maximum atomic E-state index is 5.77. The number of halogens is 1. The third kappa shape index (κ3) is 3.59. The van der Waals surface area contributed by atoms with Crippen LogP contribution < -0.4 is 5.32 Å². The van der Waals surface area contributed by atoms with Gasteiger partial charge in [0, 0.05) is 11.9 Å². The molecule has 1 unspecified atom stereocenters. The van der Waals surface area contributed by atoms with E-state index in [9.17, 15) is 0 Å². The van der Waals surface area contributed by atoms with E-state index in [1.807, 2.05) is 13.8 Å². The molecule has 1 aromatic heterocycles. The zero-order valence-corrected chi connectivity index (χ0v) is 11.0. The van der Waals surface area contributed by atoms with Gasteiger partial charge in [0.1, 0.15) is 0 Å². The highest BCUT2D eigenvalue weighted by Crippen LogP contribution is 2.12. The Kier molecular flexibility index (Phi) is 4.93. The van der Waals surface area contributed by atoms with Crippen molar-refractivity contribution in [3.8, 4) is 0 Å². The van der Waals surface area contributed by atoms with Gasteiger partial charge in [0.25, 0.3) is 0 Å². The van der Waals surface area contributed by atoms with Gasteiger partial charge in [-0.3, -0.25) is 0 Å².